The summed E-state index contributed by atoms with van der Waals surface area (Å²) in [7, 11) is 0. The number of furan rings is 1. The van der Waals surface area contributed by atoms with Crippen LogP contribution in [0.5, 0.6) is 0 Å². The molecule has 1 saturated heterocycles. The zero-order valence-electron chi connectivity index (χ0n) is 13.4. The molecule has 0 saturated carbocycles. The van der Waals surface area contributed by atoms with Crippen LogP contribution in [0.1, 0.15) is 56.6 Å². The molecule has 0 spiro atoms. The second-order valence-electron chi connectivity index (χ2n) is 6.51. The monoisotopic (exact) mass is 278 g/mol. The maximum Gasteiger partial charge on any atom is 0.118 e. The van der Waals surface area contributed by atoms with Gasteiger partial charge in [-0.25, -0.2) is 0 Å². The van der Waals surface area contributed by atoms with E-state index in [2.05, 4.69) is 37.1 Å². The largest absolute Gasteiger partial charge is 0.465 e. The Morgan fingerprint density at radius 2 is 1.90 bits per heavy atom. The van der Waals surface area contributed by atoms with Gasteiger partial charge in [0, 0.05) is 12.1 Å². The summed E-state index contributed by atoms with van der Waals surface area (Å²) >= 11 is 0. The van der Waals surface area contributed by atoms with Crippen LogP contribution in [-0.4, -0.2) is 24.5 Å². The van der Waals surface area contributed by atoms with Crippen LogP contribution in [0.4, 0.5) is 0 Å². The van der Waals surface area contributed by atoms with E-state index in [1.165, 1.54) is 44.3 Å². The lowest BCUT2D eigenvalue weighted by atomic mass is 10.2. The molecule has 1 aliphatic rings. The minimum Gasteiger partial charge on any atom is -0.465 e. The van der Waals surface area contributed by atoms with E-state index in [-0.39, 0.29) is 0 Å². The fraction of sp³-hybridized carbons (Fsp3) is 0.765. The van der Waals surface area contributed by atoms with Crippen molar-refractivity contribution >= 4 is 0 Å². The van der Waals surface area contributed by atoms with E-state index >= 15 is 0 Å². The Kier molecular flexibility index (Phi) is 6.11. The second kappa shape index (κ2) is 7.84. The van der Waals surface area contributed by atoms with Crippen LogP contribution in [0.2, 0.25) is 0 Å². The third-order valence-electron chi connectivity index (χ3n) is 4.02. The van der Waals surface area contributed by atoms with Gasteiger partial charge in [-0.1, -0.05) is 26.7 Å². The molecule has 0 amide bonds. The van der Waals surface area contributed by atoms with Crippen LogP contribution in [0, 0.1) is 12.8 Å². The number of nitrogens with one attached hydrogen (secondary N) is 1. The van der Waals surface area contributed by atoms with Gasteiger partial charge in [-0.2, -0.15) is 0 Å². The maximum atomic E-state index is 5.93. The summed E-state index contributed by atoms with van der Waals surface area (Å²) in [6.45, 7) is 12.0. The van der Waals surface area contributed by atoms with E-state index in [1.54, 1.807) is 0 Å². The summed E-state index contributed by atoms with van der Waals surface area (Å²) in [5.74, 6) is 2.90. The first-order valence-corrected chi connectivity index (χ1v) is 8.16. The van der Waals surface area contributed by atoms with Gasteiger partial charge in [0.1, 0.15) is 11.5 Å². The van der Waals surface area contributed by atoms with Gasteiger partial charge in [-0.3, -0.25) is 4.90 Å². The molecule has 20 heavy (non-hydrogen) atoms. The molecule has 0 aliphatic carbocycles. The highest BCUT2D eigenvalue weighted by molar-refractivity contribution is 5.20. The van der Waals surface area contributed by atoms with Crippen LogP contribution in [0.15, 0.2) is 10.5 Å². The molecule has 1 aromatic rings. The normalized spacial score (nSPS) is 17.6. The molecule has 1 fully saturated rings. The Labute approximate surface area is 123 Å². The average Bonchev–Trinajstić information content (AvgIpc) is 2.61. The van der Waals surface area contributed by atoms with E-state index in [9.17, 15) is 0 Å². The first-order valence-electron chi connectivity index (χ1n) is 8.16. The summed E-state index contributed by atoms with van der Waals surface area (Å²) in [5.41, 5.74) is 1.32. The highest BCUT2D eigenvalue weighted by Crippen LogP contribution is 2.18. The van der Waals surface area contributed by atoms with Crippen molar-refractivity contribution in [2.45, 2.75) is 59.5 Å². The van der Waals surface area contributed by atoms with E-state index in [0.29, 0.717) is 5.92 Å². The van der Waals surface area contributed by atoms with E-state index in [0.717, 1.165) is 31.2 Å². The minimum absolute atomic E-state index is 0.693. The van der Waals surface area contributed by atoms with Gasteiger partial charge in [0.15, 0.2) is 0 Å². The predicted molar refractivity (Wildman–Crippen MR) is 83.7 cm³/mol. The van der Waals surface area contributed by atoms with Gasteiger partial charge in [0.25, 0.3) is 0 Å². The summed E-state index contributed by atoms with van der Waals surface area (Å²) in [6, 6.07) is 2.24. The molecule has 2 heterocycles. The van der Waals surface area contributed by atoms with Crippen LogP contribution >= 0.6 is 0 Å². The molecule has 0 radical (unpaired) electrons. The van der Waals surface area contributed by atoms with E-state index in [4.69, 9.17) is 4.42 Å². The third-order valence-corrected chi connectivity index (χ3v) is 4.02. The number of rotatable bonds is 6. The Bertz CT molecular complexity index is 390. The van der Waals surface area contributed by atoms with Gasteiger partial charge in [-0.15, -0.1) is 0 Å². The van der Waals surface area contributed by atoms with Crippen molar-refractivity contribution in [3.05, 3.63) is 23.2 Å². The molecular weight excluding hydrogens is 248 g/mol. The van der Waals surface area contributed by atoms with Crippen molar-refractivity contribution in [1.29, 1.82) is 0 Å². The van der Waals surface area contributed by atoms with E-state index in [1.807, 2.05) is 0 Å². The molecule has 0 unspecified atom stereocenters. The molecule has 0 aromatic carbocycles. The SMILES string of the molecule is Cc1oc(CN2CCCCCC2)cc1CNCC(C)C. The summed E-state index contributed by atoms with van der Waals surface area (Å²) < 4.78 is 5.93. The fourth-order valence-corrected chi connectivity index (χ4v) is 2.85. The van der Waals surface area contributed by atoms with Crippen LogP contribution in [0.3, 0.4) is 0 Å². The zero-order chi connectivity index (χ0) is 14.4. The number of nitrogens with zero attached hydrogens (tertiary/aromatic N) is 1. The summed E-state index contributed by atoms with van der Waals surface area (Å²) in [4.78, 5) is 2.54. The van der Waals surface area contributed by atoms with Crippen molar-refractivity contribution in [3.8, 4) is 0 Å². The topological polar surface area (TPSA) is 28.4 Å². The van der Waals surface area contributed by atoms with Crippen LogP contribution < -0.4 is 5.32 Å². The third kappa shape index (κ3) is 4.95. The summed E-state index contributed by atoms with van der Waals surface area (Å²) in [5, 5.41) is 3.50. The number of hydrogen-bond donors (Lipinski definition) is 1. The maximum absolute atomic E-state index is 5.93. The zero-order valence-corrected chi connectivity index (χ0v) is 13.4. The van der Waals surface area contributed by atoms with Crippen molar-refractivity contribution < 1.29 is 4.42 Å². The smallest absolute Gasteiger partial charge is 0.118 e. The quantitative estimate of drug-likeness (QED) is 0.860. The highest BCUT2D eigenvalue weighted by Gasteiger charge is 2.13. The lowest BCUT2D eigenvalue weighted by Crippen LogP contribution is -2.23. The van der Waals surface area contributed by atoms with Crippen LogP contribution in [0.25, 0.3) is 0 Å². The van der Waals surface area contributed by atoms with Crippen molar-refractivity contribution in [3.63, 3.8) is 0 Å². The highest BCUT2D eigenvalue weighted by atomic mass is 16.3. The number of aryl methyl sites for hydroxylation is 1. The number of likely N-dealkylation sites (tertiary alicyclic amines) is 1. The van der Waals surface area contributed by atoms with Gasteiger partial charge >= 0.3 is 0 Å². The molecule has 0 bridgehead atoms. The lowest BCUT2D eigenvalue weighted by Gasteiger charge is -2.17. The Hall–Kier alpha value is -0.800. The summed E-state index contributed by atoms with van der Waals surface area (Å²) in [6.07, 6.45) is 5.45. The minimum atomic E-state index is 0.693. The molecule has 0 atom stereocenters. The molecule has 2 rings (SSSR count). The molecule has 114 valence electrons. The van der Waals surface area contributed by atoms with Gasteiger partial charge < -0.3 is 9.73 Å². The first kappa shape index (κ1) is 15.6. The molecule has 1 N–H and O–H groups in total. The average molecular weight is 278 g/mol. The van der Waals surface area contributed by atoms with Gasteiger partial charge in [0.2, 0.25) is 0 Å². The molecule has 1 aromatic heterocycles. The molecule has 3 nitrogen and oxygen atoms in total. The standard InChI is InChI=1S/C17H30N2O/c1-14(2)11-18-12-16-10-17(20-15(16)3)13-19-8-6-4-5-7-9-19/h10,14,18H,4-9,11-13H2,1-3H3. The predicted octanol–water partition coefficient (Wildman–Crippen LogP) is 3.71. The Morgan fingerprint density at radius 1 is 1.20 bits per heavy atom. The first-order chi connectivity index (χ1) is 9.65. The Balaban J connectivity index is 1.85. The molecular formula is C17H30N2O. The van der Waals surface area contributed by atoms with Crippen LogP contribution in [-0.2, 0) is 13.1 Å². The van der Waals surface area contributed by atoms with Crippen molar-refractivity contribution in [2.24, 2.45) is 5.92 Å². The van der Waals surface area contributed by atoms with E-state index < -0.39 is 0 Å². The Morgan fingerprint density at radius 3 is 2.55 bits per heavy atom. The number of hydrogen-bond acceptors (Lipinski definition) is 3. The lowest BCUT2D eigenvalue weighted by molar-refractivity contribution is 0.251. The van der Waals surface area contributed by atoms with Gasteiger partial charge in [-0.05, 0) is 51.4 Å². The fourth-order valence-electron chi connectivity index (χ4n) is 2.85. The van der Waals surface area contributed by atoms with Gasteiger partial charge in [0.05, 0.1) is 6.54 Å². The van der Waals surface area contributed by atoms with Crippen molar-refractivity contribution in [1.82, 2.24) is 10.2 Å². The van der Waals surface area contributed by atoms with Crippen molar-refractivity contribution in [2.75, 3.05) is 19.6 Å². The molecule has 1 aliphatic heterocycles. The second-order valence-corrected chi connectivity index (χ2v) is 6.51. The molecule has 3 heteroatoms.